The van der Waals surface area contributed by atoms with Gasteiger partial charge in [-0.15, -0.1) is 0 Å². The average molecular weight is 355 g/mol. The molecular weight excluding hydrogens is 334 g/mol. The Labute approximate surface area is 158 Å². The largest absolute Gasteiger partial charge is 0.338 e. The fourth-order valence-corrected chi connectivity index (χ4v) is 3.12. The summed E-state index contributed by atoms with van der Waals surface area (Å²) in [7, 11) is 0. The van der Waals surface area contributed by atoms with Crippen molar-refractivity contribution in [2.24, 2.45) is 0 Å². The Kier molecular flexibility index (Phi) is 4.24. The van der Waals surface area contributed by atoms with Crippen molar-refractivity contribution in [2.75, 3.05) is 5.32 Å². The number of benzene rings is 3. The third-order valence-electron chi connectivity index (χ3n) is 4.91. The van der Waals surface area contributed by atoms with Crippen LogP contribution in [-0.2, 0) is 0 Å². The van der Waals surface area contributed by atoms with E-state index in [0.717, 1.165) is 39.2 Å². The highest BCUT2D eigenvalue weighted by Gasteiger charge is 2.10. The first-order valence-corrected chi connectivity index (χ1v) is 8.95. The van der Waals surface area contributed by atoms with E-state index < -0.39 is 0 Å². The lowest BCUT2D eigenvalue weighted by atomic mass is 10.1. The molecule has 0 saturated heterocycles. The predicted octanol–water partition coefficient (Wildman–Crippen LogP) is 5.41. The molecule has 2 N–H and O–H groups in total. The molecule has 0 spiro atoms. The summed E-state index contributed by atoms with van der Waals surface area (Å²) >= 11 is 0. The Hall–Kier alpha value is -3.40. The number of carbonyl (C=O) groups is 1. The second-order valence-electron chi connectivity index (χ2n) is 6.88. The van der Waals surface area contributed by atoms with Gasteiger partial charge in [0.2, 0.25) is 0 Å². The number of carbonyl (C=O) groups excluding carboxylic acids is 1. The first-order valence-electron chi connectivity index (χ1n) is 8.95. The number of imidazole rings is 1. The Bertz CT molecular complexity index is 1140. The third kappa shape index (κ3) is 3.34. The molecular formula is C23H21N3O. The van der Waals surface area contributed by atoms with Gasteiger partial charge in [-0.3, -0.25) is 4.79 Å². The van der Waals surface area contributed by atoms with Gasteiger partial charge in [0, 0.05) is 16.8 Å². The molecule has 0 unspecified atom stereocenters. The minimum absolute atomic E-state index is 0.115. The molecule has 4 aromatic rings. The molecule has 4 heteroatoms. The van der Waals surface area contributed by atoms with E-state index in [1.54, 1.807) is 0 Å². The first-order chi connectivity index (χ1) is 13.0. The van der Waals surface area contributed by atoms with Crippen molar-refractivity contribution in [1.82, 2.24) is 9.97 Å². The second-order valence-corrected chi connectivity index (χ2v) is 6.88. The van der Waals surface area contributed by atoms with Crippen molar-refractivity contribution in [3.63, 3.8) is 0 Å². The van der Waals surface area contributed by atoms with Gasteiger partial charge in [-0.1, -0.05) is 30.3 Å². The quantitative estimate of drug-likeness (QED) is 0.516. The summed E-state index contributed by atoms with van der Waals surface area (Å²) in [6.45, 7) is 6.11. The van der Waals surface area contributed by atoms with Crippen LogP contribution in [0.2, 0.25) is 0 Å². The summed E-state index contributed by atoms with van der Waals surface area (Å²) in [6, 6.07) is 19.5. The number of fused-ring (bicyclic) bond motifs is 1. The van der Waals surface area contributed by atoms with Crippen molar-refractivity contribution in [3.8, 4) is 11.4 Å². The third-order valence-corrected chi connectivity index (χ3v) is 4.91. The van der Waals surface area contributed by atoms with Gasteiger partial charge in [0.15, 0.2) is 0 Å². The lowest BCUT2D eigenvalue weighted by molar-refractivity contribution is 0.102. The van der Waals surface area contributed by atoms with Crippen LogP contribution in [0.3, 0.4) is 0 Å². The van der Waals surface area contributed by atoms with Crippen LogP contribution in [-0.4, -0.2) is 15.9 Å². The number of rotatable bonds is 3. The maximum Gasteiger partial charge on any atom is 0.255 e. The lowest BCUT2D eigenvalue weighted by Gasteiger charge is -2.10. The Morgan fingerprint density at radius 3 is 2.52 bits per heavy atom. The molecule has 4 rings (SSSR count). The van der Waals surface area contributed by atoms with Gasteiger partial charge in [-0.25, -0.2) is 4.98 Å². The van der Waals surface area contributed by atoms with Gasteiger partial charge < -0.3 is 10.3 Å². The summed E-state index contributed by atoms with van der Waals surface area (Å²) in [6.07, 6.45) is 0. The highest BCUT2D eigenvalue weighted by atomic mass is 16.1. The fourth-order valence-electron chi connectivity index (χ4n) is 3.12. The predicted molar refractivity (Wildman–Crippen MR) is 110 cm³/mol. The molecule has 0 fully saturated rings. The van der Waals surface area contributed by atoms with Crippen LogP contribution in [0.4, 0.5) is 5.69 Å². The highest BCUT2D eigenvalue weighted by Crippen LogP contribution is 2.23. The van der Waals surface area contributed by atoms with Crippen LogP contribution in [0.25, 0.3) is 22.4 Å². The van der Waals surface area contributed by atoms with Gasteiger partial charge >= 0.3 is 0 Å². The zero-order valence-corrected chi connectivity index (χ0v) is 15.6. The number of H-pyrrole nitrogens is 1. The van der Waals surface area contributed by atoms with Crippen molar-refractivity contribution in [3.05, 3.63) is 82.9 Å². The van der Waals surface area contributed by atoms with E-state index in [-0.39, 0.29) is 5.91 Å². The van der Waals surface area contributed by atoms with Crippen molar-refractivity contribution in [2.45, 2.75) is 20.8 Å². The van der Waals surface area contributed by atoms with Crippen LogP contribution in [0.1, 0.15) is 27.0 Å². The van der Waals surface area contributed by atoms with Crippen LogP contribution in [0.15, 0.2) is 60.7 Å². The van der Waals surface area contributed by atoms with Gasteiger partial charge in [0.05, 0.1) is 11.0 Å². The minimum atomic E-state index is -0.115. The first kappa shape index (κ1) is 17.0. The number of hydrogen-bond acceptors (Lipinski definition) is 2. The molecule has 1 aromatic heterocycles. The zero-order chi connectivity index (χ0) is 19.0. The number of aromatic nitrogens is 2. The van der Waals surface area contributed by atoms with Gasteiger partial charge in [0.25, 0.3) is 5.91 Å². The molecule has 0 radical (unpaired) electrons. The SMILES string of the molecule is Cc1ccc2nc(-c3ccc(C(=O)Nc4cccc(C)c4C)cc3)[nH]c2c1. The van der Waals surface area contributed by atoms with Crippen LogP contribution < -0.4 is 5.32 Å². The van der Waals surface area contributed by atoms with E-state index in [1.807, 2.05) is 68.4 Å². The second kappa shape index (κ2) is 6.72. The molecule has 0 aliphatic rings. The molecule has 0 aliphatic heterocycles. The minimum Gasteiger partial charge on any atom is -0.338 e. The normalized spacial score (nSPS) is 10.9. The molecule has 0 aliphatic carbocycles. The molecule has 1 amide bonds. The van der Waals surface area contributed by atoms with E-state index in [1.165, 1.54) is 5.56 Å². The van der Waals surface area contributed by atoms with Gasteiger partial charge in [0.1, 0.15) is 5.82 Å². The summed E-state index contributed by atoms with van der Waals surface area (Å²) < 4.78 is 0. The lowest BCUT2D eigenvalue weighted by Crippen LogP contribution is -2.12. The molecule has 0 atom stereocenters. The van der Waals surface area contributed by atoms with Gasteiger partial charge in [-0.2, -0.15) is 0 Å². The molecule has 1 heterocycles. The molecule has 3 aromatic carbocycles. The maximum atomic E-state index is 12.6. The van der Waals surface area contributed by atoms with E-state index >= 15 is 0 Å². The standard InChI is InChI=1S/C23H21N3O/c1-14-7-12-20-21(13-14)25-22(24-20)17-8-10-18(11-9-17)23(27)26-19-6-4-5-15(2)16(19)3/h4-13H,1-3H3,(H,24,25)(H,26,27). The Balaban J connectivity index is 1.57. The van der Waals surface area contributed by atoms with Gasteiger partial charge in [-0.05, 0) is 67.8 Å². The molecule has 27 heavy (non-hydrogen) atoms. The Morgan fingerprint density at radius 2 is 1.74 bits per heavy atom. The van der Waals surface area contributed by atoms with Crippen molar-refractivity contribution in [1.29, 1.82) is 0 Å². The van der Waals surface area contributed by atoms with E-state index in [0.29, 0.717) is 5.56 Å². The summed E-state index contributed by atoms with van der Waals surface area (Å²) in [5.41, 5.74) is 7.80. The van der Waals surface area contributed by atoms with Crippen LogP contribution in [0, 0.1) is 20.8 Å². The van der Waals surface area contributed by atoms with E-state index in [9.17, 15) is 4.79 Å². The monoisotopic (exact) mass is 355 g/mol. The van der Waals surface area contributed by atoms with Crippen LogP contribution >= 0.6 is 0 Å². The average Bonchev–Trinajstić information content (AvgIpc) is 3.08. The van der Waals surface area contributed by atoms with E-state index in [2.05, 4.69) is 28.3 Å². The van der Waals surface area contributed by atoms with Crippen molar-refractivity contribution >= 4 is 22.6 Å². The molecule has 4 nitrogen and oxygen atoms in total. The number of nitrogens with one attached hydrogen (secondary N) is 2. The molecule has 0 saturated carbocycles. The summed E-state index contributed by atoms with van der Waals surface area (Å²) in [4.78, 5) is 20.5. The number of aromatic amines is 1. The number of hydrogen-bond donors (Lipinski definition) is 2. The van der Waals surface area contributed by atoms with Crippen molar-refractivity contribution < 1.29 is 4.79 Å². The summed E-state index contributed by atoms with van der Waals surface area (Å²) in [5.74, 6) is 0.688. The van der Waals surface area contributed by atoms with E-state index in [4.69, 9.17) is 0 Å². The number of anilines is 1. The topological polar surface area (TPSA) is 57.8 Å². The molecule has 134 valence electrons. The fraction of sp³-hybridized carbons (Fsp3) is 0.130. The number of nitrogens with zero attached hydrogens (tertiary/aromatic N) is 1. The Morgan fingerprint density at radius 1 is 0.963 bits per heavy atom. The number of amides is 1. The highest BCUT2D eigenvalue weighted by molar-refractivity contribution is 6.05. The zero-order valence-electron chi connectivity index (χ0n) is 15.6. The number of aryl methyl sites for hydroxylation is 2. The smallest absolute Gasteiger partial charge is 0.255 e. The summed E-state index contributed by atoms with van der Waals surface area (Å²) in [5, 5.41) is 2.99. The van der Waals surface area contributed by atoms with Crippen LogP contribution in [0.5, 0.6) is 0 Å². The maximum absolute atomic E-state index is 12.6. The molecule has 0 bridgehead atoms.